The highest BCUT2D eigenvalue weighted by atomic mass is 35.5. The summed E-state index contributed by atoms with van der Waals surface area (Å²) in [5.74, 6) is 4.33. The van der Waals surface area contributed by atoms with Crippen LogP contribution in [0.4, 0.5) is 10.1 Å². The largest absolute Gasteiger partial charge is 0.384 e. The molecule has 0 spiro atoms. The number of carbonyl (C=O) groups excluding carboxylic acids is 1. The molecule has 21 heavy (non-hydrogen) atoms. The maximum absolute atomic E-state index is 13.0. The second-order valence-electron chi connectivity index (χ2n) is 4.12. The molecule has 1 amide bonds. The maximum Gasteiger partial charge on any atom is 0.255 e. The number of halogens is 2. The summed E-state index contributed by atoms with van der Waals surface area (Å²) in [5.41, 5.74) is 1.58. The van der Waals surface area contributed by atoms with Crippen LogP contribution in [-0.2, 0) is 0 Å². The number of aliphatic hydroxyl groups is 1. The Bertz CT molecular complexity index is 717. The summed E-state index contributed by atoms with van der Waals surface area (Å²) < 4.78 is 13.0. The molecule has 0 fully saturated rings. The van der Waals surface area contributed by atoms with Gasteiger partial charge in [-0.2, -0.15) is 0 Å². The van der Waals surface area contributed by atoms with E-state index in [9.17, 15) is 9.18 Å². The van der Waals surface area contributed by atoms with E-state index in [-0.39, 0.29) is 23.1 Å². The van der Waals surface area contributed by atoms with Gasteiger partial charge in [-0.05, 0) is 42.5 Å². The standard InChI is InChI=1S/C16H11ClFNO2/c17-14-10-12(5-8-15(14)18)16(21)19-13-6-3-11(4-7-13)2-1-9-20/h3-8,10,20H,9H2,(H,19,21). The number of hydrogen-bond donors (Lipinski definition) is 2. The predicted molar refractivity (Wildman–Crippen MR) is 79.8 cm³/mol. The molecule has 0 saturated heterocycles. The minimum absolute atomic E-state index is 0.0997. The molecule has 0 radical (unpaired) electrons. The number of aliphatic hydroxyl groups excluding tert-OH is 1. The van der Waals surface area contributed by atoms with Crippen molar-refractivity contribution >= 4 is 23.2 Å². The molecule has 0 aliphatic heterocycles. The molecular formula is C16H11ClFNO2. The molecule has 0 saturated carbocycles. The van der Waals surface area contributed by atoms with Gasteiger partial charge in [-0.15, -0.1) is 0 Å². The fourth-order valence-electron chi connectivity index (χ4n) is 1.62. The van der Waals surface area contributed by atoms with E-state index in [2.05, 4.69) is 17.2 Å². The van der Waals surface area contributed by atoms with Gasteiger partial charge in [0.25, 0.3) is 5.91 Å². The Morgan fingerprint density at radius 3 is 2.57 bits per heavy atom. The van der Waals surface area contributed by atoms with Crippen LogP contribution in [0.1, 0.15) is 15.9 Å². The SMILES string of the molecule is O=C(Nc1ccc(C#CCO)cc1)c1ccc(F)c(Cl)c1. The first kappa shape index (κ1) is 15.0. The highest BCUT2D eigenvalue weighted by Gasteiger charge is 2.08. The summed E-state index contributed by atoms with van der Waals surface area (Å²) in [6.45, 7) is -0.205. The summed E-state index contributed by atoms with van der Waals surface area (Å²) in [6, 6.07) is 10.6. The van der Waals surface area contributed by atoms with Crippen molar-refractivity contribution in [1.82, 2.24) is 0 Å². The topological polar surface area (TPSA) is 49.3 Å². The van der Waals surface area contributed by atoms with Crippen LogP contribution in [0.3, 0.4) is 0 Å². The van der Waals surface area contributed by atoms with E-state index < -0.39 is 5.82 Å². The van der Waals surface area contributed by atoms with Crippen molar-refractivity contribution in [1.29, 1.82) is 0 Å². The molecule has 5 heteroatoms. The van der Waals surface area contributed by atoms with Crippen LogP contribution in [0.15, 0.2) is 42.5 Å². The van der Waals surface area contributed by atoms with Gasteiger partial charge in [0, 0.05) is 16.8 Å². The first-order valence-corrected chi connectivity index (χ1v) is 6.44. The van der Waals surface area contributed by atoms with Crippen molar-refractivity contribution in [3.05, 3.63) is 64.4 Å². The first-order chi connectivity index (χ1) is 10.1. The Morgan fingerprint density at radius 2 is 1.95 bits per heavy atom. The molecule has 2 aromatic carbocycles. The van der Waals surface area contributed by atoms with E-state index in [0.29, 0.717) is 5.69 Å². The molecule has 0 aromatic heterocycles. The molecular weight excluding hydrogens is 293 g/mol. The maximum atomic E-state index is 13.0. The van der Waals surface area contributed by atoms with Crippen LogP contribution in [0.2, 0.25) is 5.02 Å². The quantitative estimate of drug-likeness (QED) is 0.838. The lowest BCUT2D eigenvalue weighted by Crippen LogP contribution is -2.11. The molecule has 3 nitrogen and oxygen atoms in total. The van der Waals surface area contributed by atoms with E-state index in [1.165, 1.54) is 12.1 Å². The van der Waals surface area contributed by atoms with Crippen molar-refractivity contribution < 1.29 is 14.3 Å². The Labute approximate surface area is 126 Å². The molecule has 0 bridgehead atoms. The van der Waals surface area contributed by atoms with Gasteiger partial charge in [-0.25, -0.2) is 4.39 Å². The molecule has 0 heterocycles. The van der Waals surface area contributed by atoms with Crippen molar-refractivity contribution in [2.24, 2.45) is 0 Å². The number of nitrogens with one attached hydrogen (secondary N) is 1. The molecule has 2 rings (SSSR count). The number of anilines is 1. The average Bonchev–Trinajstić information content (AvgIpc) is 2.49. The van der Waals surface area contributed by atoms with Crippen LogP contribution in [0, 0.1) is 17.7 Å². The predicted octanol–water partition coefficient (Wildman–Crippen LogP) is 3.08. The monoisotopic (exact) mass is 303 g/mol. The molecule has 0 aliphatic rings. The van der Waals surface area contributed by atoms with Gasteiger partial charge in [0.1, 0.15) is 12.4 Å². The number of carbonyl (C=O) groups is 1. The van der Waals surface area contributed by atoms with Gasteiger partial charge < -0.3 is 10.4 Å². The number of rotatable bonds is 2. The minimum atomic E-state index is -0.569. The Kier molecular flexibility index (Phi) is 4.94. The van der Waals surface area contributed by atoms with Crippen LogP contribution in [0.5, 0.6) is 0 Å². The fourth-order valence-corrected chi connectivity index (χ4v) is 1.80. The van der Waals surface area contributed by atoms with E-state index in [1.807, 2.05) is 0 Å². The van der Waals surface area contributed by atoms with Crippen LogP contribution in [0.25, 0.3) is 0 Å². The minimum Gasteiger partial charge on any atom is -0.384 e. The average molecular weight is 304 g/mol. The Hall–Kier alpha value is -2.35. The smallest absolute Gasteiger partial charge is 0.255 e. The molecule has 2 aromatic rings. The molecule has 2 N–H and O–H groups in total. The number of benzene rings is 2. The second-order valence-corrected chi connectivity index (χ2v) is 4.53. The van der Waals surface area contributed by atoms with Gasteiger partial charge in [0.15, 0.2) is 0 Å². The van der Waals surface area contributed by atoms with Gasteiger partial charge >= 0.3 is 0 Å². The first-order valence-electron chi connectivity index (χ1n) is 6.06. The van der Waals surface area contributed by atoms with Crippen LogP contribution in [-0.4, -0.2) is 17.6 Å². The zero-order valence-corrected chi connectivity index (χ0v) is 11.6. The number of amides is 1. The van der Waals surface area contributed by atoms with Crippen molar-refractivity contribution in [2.75, 3.05) is 11.9 Å². The zero-order valence-electron chi connectivity index (χ0n) is 10.9. The number of hydrogen-bond acceptors (Lipinski definition) is 2. The zero-order chi connectivity index (χ0) is 15.2. The summed E-state index contributed by atoms with van der Waals surface area (Å²) in [6.07, 6.45) is 0. The third-order valence-electron chi connectivity index (χ3n) is 2.64. The summed E-state index contributed by atoms with van der Waals surface area (Å²) >= 11 is 5.64. The lowest BCUT2D eigenvalue weighted by atomic mass is 10.2. The third kappa shape index (κ3) is 4.06. The van der Waals surface area contributed by atoms with E-state index in [0.717, 1.165) is 11.6 Å². The molecule has 0 aliphatic carbocycles. The fraction of sp³-hybridized carbons (Fsp3) is 0.0625. The Balaban J connectivity index is 2.10. The summed E-state index contributed by atoms with van der Waals surface area (Å²) in [7, 11) is 0. The van der Waals surface area contributed by atoms with Crippen molar-refractivity contribution in [3.63, 3.8) is 0 Å². The summed E-state index contributed by atoms with van der Waals surface area (Å²) in [4.78, 5) is 12.0. The van der Waals surface area contributed by atoms with E-state index in [1.54, 1.807) is 24.3 Å². The molecule has 106 valence electrons. The highest BCUT2D eigenvalue weighted by molar-refractivity contribution is 6.31. The van der Waals surface area contributed by atoms with E-state index in [4.69, 9.17) is 16.7 Å². The van der Waals surface area contributed by atoms with Gasteiger partial charge in [0.05, 0.1) is 5.02 Å². The third-order valence-corrected chi connectivity index (χ3v) is 2.93. The van der Waals surface area contributed by atoms with Gasteiger partial charge in [-0.1, -0.05) is 23.4 Å². The van der Waals surface area contributed by atoms with Crippen LogP contribution >= 0.6 is 11.6 Å². The summed E-state index contributed by atoms with van der Waals surface area (Å²) in [5, 5.41) is 11.2. The lowest BCUT2D eigenvalue weighted by molar-refractivity contribution is 0.102. The normalized spacial score (nSPS) is 9.67. The van der Waals surface area contributed by atoms with Crippen LogP contribution < -0.4 is 5.32 Å². The van der Waals surface area contributed by atoms with Crippen molar-refractivity contribution in [3.8, 4) is 11.8 Å². The van der Waals surface area contributed by atoms with E-state index >= 15 is 0 Å². The lowest BCUT2D eigenvalue weighted by Gasteiger charge is -2.06. The van der Waals surface area contributed by atoms with Crippen molar-refractivity contribution in [2.45, 2.75) is 0 Å². The van der Waals surface area contributed by atoms with Gasteiger partial charge in [-0.3, -0.25) is 4.79 Å². The highest BCUT2D eigenvalue weighted by Crippen LogP contribution is 2.17. The molecule has 0 atom stereocenters. The second kappa shape index (κ2) is 6.89. The Morgan fingerprint density at radius 1 is 1.24 bits per heavy atom. The molecule has 0 unspecified atom stereocenters. The van der Waals surface area contributed by atoms with Gasteiger partial charge in [0.2, 0.25) is 0 Å².